The fourth-order valence-electron chi connectivity index (χ4n) is 1.14. The van der Waals surface area contributed by atoms with E-state index in [1.807, 2.05) is 6.92 Å². The van der Waals surface area contributed by atoms with Gasteiger partial charge in [0.15, 0.2) is 0 Å². The summed E-state index contributed by atoms with van der Waals surface area (Å²) in [5.74, 6) is 0.611. The predicted molar refractivity (Wildman–Crippen MR) is 42.0 cm³/mol. The third-order valence-electron chi connectivity index (χ3n) is 1.58. The zero-order valence-corrected chi connectivity index (χ0v) is 6.86. The number of hydrogen-bond donors (Lipinski definition) is 1. The summed E-state index contributed by atoms with van der Waals surface area (Å²) in [6, 6.07) is 0. The van der Waals surface area contributed by atoms with Crippen molar-refractivity contribution in [1.29, 1.82) is 0 Å². The van der Waals surface area contributed by atoms with Crippen molar-refractivity contribution in [2.75, 3.05) is 0 Å². The lowest BCUT2D eigenvalue weighted by atomic mass is 9.99. The standard InChI is InChI=1S/C8H17N/c1-5-8(6(2)3)7(4)9/h6H,5,9H2,1-4H3/b8-7-. The van der Waals surface area contributed by atoms with Gasteiger partial charge >= 0.3 is 0 Å². The molecule has 0 heterocycles. The molecule has 0 atom stereocenters. The van der Waals surface area contributed by atoms with Crippen molar-refractivity contribution in [3.8, 4) is 0 Å². The number of allylic oxidation sites excluding steroid dienone is 2. The molecule has 0 aromatic heterocycles. The molecule has 0 radical (unpaired) electrons. The van der Waals surface area contributed by atoms with Crippen molar-refractivity contribution in [3.05, 3.63) is 11.3 Å². The smallest absolute Gasteiger partial charge is 0.00433 e. The first-order valence-electron chi connectivity index (χ1n) is 3.54. The number of hydrogen-bond acceptors (Lipinski definition) is 1. The SMILES string of the molecule is CC/C(=C(\C)N)C(C)C. The van der Waals surface area contributed by atoms with Gasteiger partial charge in [-0.2, -0.15) is 0 Å². The highest BCUT2D eigenvalue weighted by Gasteiger charge is 2.01. The molecule has 2 N–H and O–H groups in total. The second-order valence-electron chi connectivity index (χ2n) is 2.72. The van der Waals surface area contributed by atoms with E-state index in [9.17, 15) is 0 Å². The molecule has 0 fully saturated rings. The predicted octanol–water partition coefficient (Wildman–Crippen LogP) is 2.29. The number of nitrogens with two attached hydrogens (primary N) is 1. The van der Waals surface area contributed by atoms with E-state index in [2.05, 4.69) is 20.8 Å². The second-order valence-corrected chi connectivity index (χ2v) is 2.72. The summed E-state index contributed by atoms with van der Waals surface area (Å²) in [5.41, 5.74) is 8.01. The zero-order valence-electron chi connectivity index (χ0n) is 6.86. The molecule has 0 aliphatic heterocycles. The first-order valence-corrected chi connectivity index (χ1v) is 3.54. The Morgan fingerprint density at radius 1 is 1.44 bits per heavy atom. The third kappa shape index (κ3) is 2.54. The Kier molecular flexibility index (Phi) is 3.36. The fraction of sp³-hybridized carbons (Fsp3) is 0.750. The highest BCUT2D eigenvalue weighted by atomic mass is 14.6. The first-order chi connectivity index (χ1) is 4.09. The molecule has 0 aromatic rings. The van der Waals surface area contributed by atoms with Crippen LogP contribution in [0.25, 0.3) is 0 Å². The van der Waals surface area contributed by atoms with Crippen molar-refractivity contribution >= 4 is 0 Å². The summed E-state index contributed by atoms with van der Waals surface area (Å²) in [6.45, 7) is 8.47. The highest BCUT2D eigenvalue weighted by Crippen LogP contribution is 2.14. The summed E-state index contributed by atoms with van der Waals surface area (Å²) in [5, 5.41) is 0. The van der Waals surface area contributed by atoms with Gasteiger partial charge in [0.25, 0.3) is 0 Å². The van der Waals surface area contributed by atoms with E-state index >= 15 is 0 Å². The Labute approximate surface area is 57.9 Å². The molecule has 54 valence electrons. The van der Waals surface area contributed by atoms with Gasteiger partial charge < -0.3 is 5.73 Å². The molecule has 1 nitrogen and oxygen atoms in total. The lowest BCUT2D eigenvalue weighted by molar-refractivity contribution is 0.716. The van der Waals surface area contributed by atoms with Crippen molar-refractivity contribution in [3.63, 3.8) is 0 Å². The van der Waals surface area contributed by atoms with Crippen molar-refractivity contribution in [2.45, 2.75) is 34.1 Å². The quantitative estimate of drug-likeness (QED) is 0.605. The molecule has 0 unspecified atom stereocenters. The molecule has 0 rings (SSSR count). The molecule has 0 aromatic carbocycles. The third-order valence-corrected chi connectivity index (χ3v) is 1.58. The van der Waals surface area contributed by atoms with Crippen LogP contribution in [0.3, 0.4) is 0 Å². The molecular weight excluding hydrogens is 110 g/mol. The summed E-state index contributed by atoms with van der Waals surface area (Å²) >= 11 is 0. The monoisotopic (exact) mass is 127 g/mol. The van der Waals surface area contributed by atoms with Gasteiger partial charge in [0, 0.05) is 5.70 Å². The molecule has 0 amide bonds. The van der Waals surface area contributed by atoms with Crippen LogP contribution in [0.5, 0.6) is 0 Å². The van der Waals surface area contributed by atoms with Crippen LogP contribution < -0.4 is 5.73 Å². The molecule has 0 spiro atoms. The normalized spacial score (nSPS) is 13.9. The van der Waals surface area contributed by atoms with Crippen LogP contribution in [0.4, 0.5) is 0 Å². The summed E-state index contributed by atoms with van der Waals surface area (Å²) in [4.78, 5) is 0. The molecule has 0 saturated carbocycles. The minimum Gasteiger partial charge on any atom is -0.402 e. The van der Waals surface area contributed by atoms with Gasteiger partial charge in [-0.1, -0.05) is 20.8 Å². The Hall–Kier alpha value is -0.460. The van der Waals surface area contributed by atoms with E-state index in [1.165, 1.54) is 5.57 Å². The van der Waals surface area contributed by atoms with Gasteiger partial charge in [-0.25, -0.2) is 0 Å². The molecule has 1 heteroatoms. The number of rotatable bonds is 2. The lowest BCUT2D eigenvalue weighted by Gasteiger charge is -2.09. The Morgan fingerprint density at radius 2 is 1.89 bits per heavy atom. The van der Waals surface area contributed by atoms with Crippen molar-refractivity contribution in [1.82, 2.24) is 0 Å². The molecule has 0 bridgehead atoms. The average molecular weight is 127 g/mol. The topological polar surface area (TPSA) is 26.0 Å². The summed E-state index contributed by atoms with van der Waals surface area (Å²) in [6.07, 6.45) is 1.08. The second kappa shape index (κ2) is 3.54. The summed E-state index contributed by atoms with van der Waals surface area (Å²) in [7, 11) is 0. The first kappa shape index (κ1) is 8.54. The van der Waals surface area contributed by atoms with Crippen LogP contribution in [0, 0.1) is 5.92 Å². The van der Waals surface area contributed by atoms with E-state index in [0.29, 0.717) is 5.92 Å². The summed E-state index contributed by atoms with van der Waals surface area (Å²) < 4.78 is 0. The van der Waals surface area contributed by atoms with Gasteiger partial charge in [0.1, 0.15) is 0 Å². The Balaban J connectivity index is 4.16. The molecule has 0 saturated heterocycles. The Morgan fingerprint density at radius 3 is 1.89 bits per heavy atom. The van der Waals surface area contributed by atoms with Gasteiger partial charge in [0.2, 0.25) is 0 Å². The van der Waals surface area contributed by atoms with E-state index in [1.54, 1.807) is 0 Å². The minimum absolute atomic E-state index is 0.611. The van der Waals surface area contributed by atoms with Crippen LogP contribution in [0.1, 0.15) is 34.1 Å². The van der Waals surface area contributed by atoms with Crippen molar-refractivity contribution in [2.24, 2.45) is 11.7 Å². The maximum Gasteiger partial charge on any atom is 0.00433 e. The fourth-order valence-corrected chi connectivity index (χ4v) is 1.14. The highest BCUT2D eigenvalue weighted by molar-refractivity contribution is 5.10. The van der Waals surface area contributed by atoms with Crippen LogP contribution in [0.2, 0.25) is 0 Å². The van der Waals surface area contributed by atoms with E-state index in [4.69, 9.17) is 5.73 Å². The zero-order chi connectivity index (χ0) is 7.44. The van der Waals surface area contributed by atoms with E-state index in [-0.39, 0.29) is 0 Å². The van der Waals surface area contributed by atoms with Gasteiger partial charge in [-0.15, -0.1) is 0 Å². The molecular formula is C8H17N. The van der Waals surface area contributed by atoms with E-state index < -0.39 is 0 Å². The maximum atomic E-state index is 5.63. The van der Waals surface area contributed by atoms with Crippen LogP contribution in [-0.4, -0.2) is 0 Å². The molecule has 0 aliphatic rings. The average Bonchev–Trinajstić information content (AvgIpc) is 1.64. The molecule has 0 aliphatic carbocycles. The maximum absolute atomic E-state index is 5.63. The largest absolute Gasteiger partial charge is 0.402 e. The van der Waals surface area contributed by atoms with Gasteiger partial charge in [0.05, 0.1) is 0 Å². The van der Waals surface area contributed by atoms with Crippen LogP contribution in [-0.2, 0) is 0 Å². The van der Waals surface area contributed by atoms with E-state index in [0.717, 1.165) is 12.1 Å². The minimum atomic E-state index is 0.611. The molecule has 9 heavy (non-hydrogen) atoms. The van der Waals surface area contributed by atoms with Crippen molar-refractivity contribution < 1.29 is 0 Å². The lowest BCUT2D eigenvalue weighted by Crippen LogP contribution is -2.02. The Bertz CT molecular complexity index is 108. The van der Waals surface area contributed by atoms with Gasteiger partial charge in [-0.05, 0) is 24.8 Å². The van der Waals surface area contributed by atoms with Crippen LogP contribution >= 0.6 is 0 Å². The van der Waals surface area contributed by atoms with Crippen LogP contribution in [0.15, 0.2) is 11.3 Å². The van der Waals surface area contributed by atoms with Gasteiger partial charge in [-0.3, -0.25) is 0 Å².